The van der Waals surface area contributed by atoms with Gasteiger partial charge in [0.1, 0.15) is 5.82 Å². The second-order valence-electron chi connectivity index (χ2n) is 16.3. The third-order valence-electron chi connectivity index (χ3n) is 9.75. The summed E-state index contributed by atoms with van der Waals surface area (Å²) < 4.78 is 10.8. The first kappa shape index (κ1) is 38.3. The van der Waals surface area contributed by atoms with Gasteiger partial charge >= 0.3 is 21.1 Å². The molecule has 0 saturated heterocycles. The van der Waals surface area contributed by atoms with Gasteiger partial charge in [-0.2, -0.15) is 11.2 Å². The maximum atomic E-state index is 6.64. The Labute approximate surface area is 329 Å². The predicted molar refractivity (Wildman–Crippen MR) is 215 cm³/mol. The fourth-order valence-electron chi connectivity index (χ4n) is 7.19. The average molecular weight is 882 g/mol. The third-order valence-corrected chi connectivity index (χ3v) is 9.75. The first-order chi connectivity index (χ1) is 24.9. The summed E-state index contributed by atoms with van der Waals surface area (Å²) >= 11 is 0. The Balaban J connectivity index is 0.00000481. The molecule has 0 saturated carbocycles. The molecule has 53 heavy (non-hydrogen) atoms. The van der Waals surface area contributed by atoms with Crippen LogP contribution in [0.15, 0.2) is 97.5 Å². The molecule has 0 N–H and O–H groups in total. The molecule has 0 amide bonds. The van der Waals surface area contributed by atoms with Gasteiger partial charge in [-0.15, -0.1) is 41.3 Å². The molecule has 3 heterocycles. The molecular weight excluding hydrogens is 832 g/mol. The van der Waals surface area contributed by atoms with Crippen LogP contribution in [0.25, 0.3) is 44.4 Å². The summed E-state index contributed by atoms with van der Waals surface area (Å²) in [5.41, 5.74) is 10.4. The van der Waals surface area contributed by atoms with Crippen LogP contribution in [-0.2, 0) is 39.3 Å². The van der Waals surface area contributed by atoms with E-state index in [0.29, 0.717) is 23.3 Å². The van der Waals surface area contributed by atoms with E-state index in [0.717, 1.165) is 57.3 Å². The van der Waals surface area contributed by atoms with Gasteiger partial charge in [-0.1, -0.05) is 104 Å². The van der Waals surface area contributed by atoms with Crippen molar-refractivity contribution in [3.63, 3.8) is 0 Å². The molecule has 0 unspecified atom stereocenters. The van der Waals surface area contributed by atoms with E-state index in [2.05, 4.69) is 158 Å². The summed E-state index contributed by atoms with van der Waals surface area (Å²) in [6.45, 7) is 20.2. The smallest absolute Gasteiger partial charge is 0.509 e. The van der Waals surface area contributed by atoms with Crippen LogP contribution in [0, 0.1) is 24.0 Å². The Hall–Kier alpha value is -4.47. The Kier molecular flexibility index (Phi) is 11.2. The number of hydrogen-bond donors (Lipinski definition) is 0. The molecule has 0 bridgehead atoms. The van der Waals surface area contributed by atoms with Gasteiger partial charge < -0.3 is 9.30 Å². The topological polar surface area (TPSA) is 44.9 Å². The van der Waals surface area contributed by atoms with Crippen molar-refractivity contribution in [1.29, 1.82) is 0 Å². The quantitative estimate of drug-likeness (QED) is 0.129. The van der Waals surface area contributed by atoms with E-state index in [9.17, 15) is 0 Å². The number of aromatic nitrogens is 4. The number of nitrogens with zero attached hydrogens (tertiary/aromatic N) is 4. The van der Waals surface area contributed by atoms with Gasteiger partial charge in [0.25, 0.3) is 0 Å². The van der Waals surface area contributed by atoms with Crippen molar-refractivity contribution in [3.8, 4) is 34.1 Å². The number of fused-ring (bicyclic) bond motifs is 3. The maximum absolute atomic E-state index is 6.64. The van der Waals surface area contributed by atoms with Crippen molar-refractivity contribution in [2.24, 2.45) is 11.8 Å². The van der Waals surface area contributed by atoms with E-state index >= 15 is 0 Å². The van der Waals surface area contributed by atoms with Crippen LogP contribution >= 0.6 is 0 Å². The largest absolute Gasteiger partial charge is 2.00 e. The second-order valence-corrected chi connectivity index (χ2v) is 16.3. The molecule has 0 fully saturated rings. The van der Waals surface area contributed by atoms with Crippen LogP contribution in [0.1, 0.15) is 90.5 Å². The molecule has 5 nitrogen and oxygen atoms in total. The monoisotopic (exact) mass is 881 g/mol. The minimum atomic E-state index is -0.00735. The standard InChI is InChI=1S/C47H50N4O.Pt/c1-30(2)21-33-13-12-14-34(22-31(3)4)46(33)36-28-49-50(29-36)38-23-35(32(5)6)24-40(26-38)52-39-17-18-42-41-15-10-11-16-43(41)51(44(42)27-39)45-25-37(19-20-48-45)47(7,8)9;/h10-20,23-25,28-32H,21-22H2,1-9H3;/q-2;+2. The van der Waals surface area contributed by atoms with E-state index in [4.69, 9.17) is 14.8 Å². The number of benzene rings is 4. The summed E-state index contributed by atoms with van der Waals surface area (Å²) in [6.07, 6.45) is 8.11. The molecule has 274 valence electrons. The molecule has 0 spiro atoms. The summed E-state index contributed by atoms with van der Waals surface area (Å²) in [6, 6.07) is 35.1. The van der Waals surface area contributed by atoms with Crippen molar-refractivity contribution in [2.45, 2.75) is 86.5 Å². The Bertz CT molecular complexity index is 2340. The molecule has 6 heteroatoms. The van der Waals surface area contributed by atoms with Crippen LogP contribution in [-0.4, -0.2) is 19.3 Å². The fraction of sp³-hybridized carbons (Fsp3) is 0.319. The van der Waals surface area contributed by atoms with E-state index < -0.39 is 0 Å². The average Bonchev–Trinajstić information content (AvgIpc) is 3.70. The van der Waals surface area contributed by atoms with Gasteiger partial charge in [-0.25, -0.2) is 4.98 Å². The first-order valence-electron chi connectivity index (χ1n) is 18.7. The van der Waals surface area contributed by atoms with Crippen molar-refractivity contribution in [1.82, 2.24) is 19.3 Å². The number of rotatable bonds is 10. The van der Waals surface area contributed by atoms with Crippen LogP contribution in [0.3, 0.4) is 0 Å². The molecule has 0 aliphatic carbocycles. The third kappa shape index (κ3) is 8.06. The van der Waals surface area contributed by atoms with E-state index in [1.54, 1.807) is 0 Å². The zero-order chi connectivity index (χ0) is 36.7. The summed E-state index contributed by atoms with van der Waals surface area (Å²) in [5, 5.41) is 7.15. The minimum Gasteiger partial charge on any atom is -0.509 e. The van der Waals surface area contributed by atoms with E-state index in [1.165, 1.54) is 22.3 Å². The van der Waals surface area contributed by atoms with Crippen LogP contribution in [0.4, 0.5) is 0 Å². The van der Waals surface area contributed by atoms with Gasteiger partial charge in [0, 0.05) is 35.0 Å². The maximum Gasteiger partial charge on any atom is 2.00 e. The van der Waals surface area contributed by atoms with Crippen LogP contribution < -0.4 is 4.74 Å². The van der Waals surface area contributed by atoms with E-state index in [1.807, 2.05) is 23.1 Å². The molecule has 7 rings (SSSR count). The number of hydrogen-bond acceptors (Lipinski definition) is 3. The van der Waals surface area contributed by atoms with Gasteiger partial charge in [0.15, 0.2) is 0 Å². The van der Waals surface area contributed by atoms with Crippen LogP contribution in [0.2, 0.25) is 0 Å². The van der Waals surface area contributed by atoms with Crippen molar-refractivity contribution >= 4 is 21.8 Å². The number of pyridine rings is 1. The first-order valence-corrected chi connectivity index (χ1v) is 18.7. The molecule has 4 aromatic carbocycles. The van der Waals surface area contributed by atoms with Crippen LogP contribution in [0.5, 0.6) is 11.5 Å². The molecule has 0 radical (unpaired) electrons. The molecule has 0 atom stereocenters. The Morgan fingerprint density at radius 2 is 1.47 bits per heavy atom. The normalized spacial score (nSPS) is 12.0. The second kappa shape index (κ2) is 15.5. The number of para-hydroxylation sites is 1. The SMILES string of the molecule is CC(C)Cc1cccc(CC(C)C)c1-c1cnn(-c2[c-]c(Oc3[c-]c4c(cc3)c3ccccc3n4-c3cc(C(C)(C)C)ccn3)cc(C(C)C)c2)c1.[Pt+2]. The minimum absolute atomic E-state index is 0. The number of ether oxygens (including phenoxy) is 1. The molecule has 0 aliphatic heterocycles. The predicted octanol–water partition coefficient (Wildman–Crippen LogP) is 12.2. The zero-order valence-corrected chi connectivity index (χ0v) is 34.7. The summed E-state index contributed by atoms with van der Waals surface area (Å²) in [4.78, 5) is 4.83. The van der Waals surface area contributed by atoms with E-state index in [-0.39, 0.29) is 32.4 Å². The zero-order valence-electron chi connectivity index (χ0n) is 32.4. The molecule has 0 aliphatic rings. The molecular formula is C47H50N4OPt. The molecule has 7 aromatic rings. The van der Waals surface area contributed by atoms with Gasteiger partial charge in [-0.3, -0.25) is 4.68 Å². The van der Waals surface area contributed by atoms with Crippen molar-refractivity contribution in [2.75, 3.05) is 0 Å². The fourth-order valence-corrected chi connectivity index (χ4v) is 7.19. The van der Waals surface area contributed by atoms with Gasteiger partial charge in [0.05, 0.1) is 6.20 Å². The Morgan fingerprint density at radius 1 is 0.755 bits per heavy atom. The van der Waals surface area contributed by atoms with Crippen molar-refractivity contribution < 1.29 is 25.8 Å². The Morgan fingerprint density at radius 3 is 2.15 bits per heavy atom. The summed E-state index contributed by atoms with van der Waals surface area (Å²) in [7, 11) is 0. The van der Waals surface area contributed by atoms with Gasteiger partial charge in [-0.05, 0) is 87.5 Å². The summed E-state index contributed by atoms with van der Waals surface area (Å²) in [5.74, 6) is 3.51. The molecule has 3 aromatic heterocycles. The van der Waals surface area contributed by atoms with Crippen molar-refractivity contribution in [3.05, 3.63) is 132 Å². The van der Waals surface area contributed by atoms with Gasteiger partial charge in [0.2, 0.25) is 0 Å².